The van der Waals surface area contributed by atoms with E-state index in [2.05, 4.69) is 4.98 Å². The number of carbonyl (C=O) groups is 1. The number of carboxylic acids is 1. The number of aryl methyl sites for hydroxylation is 1. The van der Waals surface area contributed by atoms with E-state index in [1.165, 1.54) is 12.5 Å². The zero-order chi connectivity index (χ0) is 14.6. The summed E-state index contributed by atoms with van der Waals surface area (Å²) in [6, 6.07) is 0. The third-order valence-electron chi connectivity index (χ3n) is 2.73. The molecule has 1 aromatic heterocycles. The molecule has 0 aliphatic rings. The molecule has 1 aromatic rings. The standard InChI is InChI=1S/C11H18N2O3.Na/c1-3-10(11(15)16)8(6-14)4-9-5-12-7-13(9)2;/h5,7-8,10,14H,3-4,6H2,1-2H3,(H,15,16);/q;+1/p-1/t8-,10?;/m0./s1/i2D3;. The molecule has 6 heteroatoms. The molecule has 0 saturated heterocycles. The summed E-state index contributed by atoms with van der Waals surface area (Å²) in [5, 5.41) is 20.3. The maximum absolute atomic E-state index is 11.0. The topological polar surface area (TPSA) is 78.2 Å². The van der Waals surface area contributed by atoms with E-state index < -0.39 is 24.8 Å². The van der Waals surface area contributed by atoms with Crippen LogP contribution < -0.4 is 34.7 Å². The van der Waals surface area contributed by atoms with Gasteiger partial charge in [0.05, 0.1) is 6.33 Å². The molecule has 5 nitrogen and oxygen atoms in total. The number of nitrogens with zero attached hydrogens (tertiary/aromatic N) is 2. The maximum atomic E-state index is 11.0. The second kappa shape index (κ2) is 7.87. The van der Waals surface area contributed by atoms with Crippen LogP contribution in [0.15, 0.2) is 12.5 Å². The van der Waals surface area contributed by atoms with Crippen LogP contribution in [0.25, 0.3) is 0 Å². The Hall–Kier alpha value is -0.360. The first-order valence-corrected chi connectivity index (χ1v) is 5.14. The summed E-state index contributed by atoms with van der Waals surface area (Å²) in [6.45, 7) is -1.03. The maximum Gasteiger partial charge on any atom is 1.00 e. The minimum Gasteiger partial charge on any atom is -0.550 e. The molecule has 0 aliphatic heterocycles. The average molecular weight is 251 g/mol. The average Bonchev–Trinajstić information content (AvgIpc) is 2.75. The van der Waals surface area contributed by atoms with Crippen LogP contribution in [0.1, 0.15) is 23.2 Å². The summed E-state index contributed by atoms with van der Waals surface area (Å²) in [5.74, 6) is -2.64. The van der Waals surface area contributed by atoms with Gasteiger partial charge in [-0.3, -0.25) is 0 Å². The largest absolute Gasteiger partial charge is 1.00 e. The van der Waals surface area contributed by atoms with Crippen molar-refractivity contribution >= 4 is 5.97 Å². The summed E-state index contributed by atoms with van der Waals surface area (Å²) >= 11 is 0. The number of aromatic nitrogens is 2. The van der Waals surface area contributed by atoms with Gasteiger partial charge in [-0.25, -0.2) is 4.98 Å². The van der Waals surface area contributed by atoms with E-state index in [9.17, 15) is 15.0 Å². The molecular formula is C11H17N2NaO3. The molecule has 1 unspecified atom stereocenters. The third-order valence-corrected chi connectivity index (χ3v) is 2.73. The summed E-state index contributed by atoms with van der Waals surface area (Å²) in [5.41, 5.74) is 0.374. The van der Waals surface area contributed by atoms with Gasteiger partial charge in [0, 0.05) is 41.5 Å². The monoisotopic (exact) mass is 251 g/mol. The van der Waals surface area contributed by atoms with Crippen molar-refractivity contribution in [3.8, 4) is 0 Å². The molecule has 0 aliphatic carbocycles. The molecule has 2 atom stereocenters. The van der Waals surface area contributed by atoms with Gasteiger partial charge in [-0.2, -0.15) is 0 Å². The van der Waals surface area contributed by atoms with Gasteiger partial charge in [0.15, 0.2) is 0 Å². The van der Waals surface area contributed by atoms with Gasteiger partial charge in [-0.1, -0.05) is 6.92 Å². The molecule has 0 saturated carbocycles. The van der Waals surface area contributed by atoms with Gasteiger partial charge in [-0.15, -0.1) is 0 Å². The molecule has 1 rings (SSSR count). The van der Waals surface area contributed by atoms with Crippen LogP contribution in [0.3, 0.4) is 0 Å². The van der Waals surface area contributed by atoms with Crippen molar-refractivity contribution in [2.75, 3.05) is 6.61 Å². The van der Waals surface area contributed by atoms with Gasteiger partial charge < -0.3 is 19.6 Å². The fourth-order valence-electron chi connectivity index (χ4n) is 1.77. The Balaban J connectivity index is 0.00000361. The van der Waals surface area contributed by atoms with Crippen LogP contribution in [0.5, 0.6) is 0 Å². The second-order valence-electron chi connectivity index (χ2n) is 3.74. The molecular weight excluding hydrogens is 231 g/mol. The van der Waals surface area contributed by atoms with Crippen molar-refractivity contribution in [2.24, 2.45) is 18.8 Å². The van der Waals surface area contributed by atoms with Crippen molar-refractivity contribution in [3.63, 3.8) is 0 Å². The zero-order valence-electron chi connectivity index (χ0n) is 13.1. The van der Waals surface area contributed by atoms with Crippen molar-refractivity contribution in [1.29, 1.82) is 0 Å². The van der Waals surface area contributed by atoms with Crippen LogP contribution in [0.2, 0.25) is 0 Å². The molecule has 90 valence electrons. The molecule has 0 bridgehead atoms. The number of rotatable bonds is 6. The normalized spacial score (nSPS) is 17.2. The molecule has 0 spiro atoms. The van der Waals surface area contributed by atoms with E-state index in [-0.39, 0.29) is 42.6 Å². The summed E-state index contributed by atoms with van der Waals surface area (Å²) in [4.78, 5) is 14.7. The van der Waals surface area contributed by atoms with E-state index in [4.69, 9.17) is 4.11 Å². The van der Waals surface area contributed by atoms with Gasteiger partial charge in [0.2, 0.25) is 0 Å². The number of carboxylic acid groups (broad SMARTS) is 1. The smallest absolute Gasteiger partial charge is 0.550 e. The van der Waals surface area contributed by atoms with E-state index in [1.54, 1.807) is 6.92 Å². The molecule has 0 fully saturated rings. The van der Waals surface area contributed by atoms with Crippen molar-refractivity contribution in [1.82, 2.24) is 9.55 Å². The number of aliphatic hydroxyl groups excluding tert-OH is 1. The first-order valence-electron chi connectivity index (χ1n) is 6.64. The van der Waals surface area contributed by atoms with Crippen molar-refractivity contribution < 1.29 is 48.7 Å². The molecule has 1 heterocycles. The zero-order valence-corrected chi connectivity index (χ0v) is 12.1. The minimum absolute atomic E-state index is 0. The van der Waals surface area contributed by atoms with Gasteiger partial charge >= 0.3 is 29.6 Å². The van der Waals surface area contributed by atoms with Crippen LogP contribution in [-0.2, 0) is 18.2 Å². The second-order valence-corrected chi connectivity index (χ2v) is 3.74. The first-order chi connectivity index (χ1) is 8.81. The van der Waals surface area contributed by atoms with E-state index in [0.29, 0.717) is 12.1 Å². The predicted octanol–water partition coefficient (Wildman–Crippen LogP) is -3.65. The van der Waals surface area contributed by atoms with E-state index in [1.807, 2.05) is 0 Å². The molecule has 0 amide bonds. The van der Waals surface area contributed by atoms with E-state index >= 15 is 0 Å². The van der Waals surface area contributed by atoms with E-state index in [0.717, 1.165) is 4.57 Å². The quantitative estimate of drug-likeness (QED) is 0.529. The number of aliphatic hydroxyl groups is 1. The summed E-state index contributed by atoms with van der Waals surface area (Å²) < 4.78 is 23.0. The van der Waals surface area contributed by atoms with Gasteiger partial charge in [0.25, 0.3) is 0 Å². The van der Waals surface area contributed by atoms with Crippen LogP contribution in [0, 0.1) is 11.8 Å². The molecule has 0 radical (unpaired) electrons. The van der Waals surface area contributed by atoms with Crippen LogP contribution >= 0.6 is 0 Å². The fraction of sp³-hybridized carbons (Fsp3) is 0.636. The van der Waals surface area contributed by atoms with Crippen LogP contribution in [0.4, 0.5) is 0 Å². The predicted molar refractivity (Wildman–Crippen MR) is 56.3 cm³/mol. The van der Waals surface area contributed by atoms with Crippen molar-refractivity contribution in [3.05, 3.63) is 18.2 Å². The Morgan fingerprint density at radius 2 is 2.47 bits per heavy atom. The number of hydrogen-bond acceptors (Lipinski definition) is 4. The summed E-state index contributed by atoms with van der Waals surface area (Å²) in [6.07, 6.45) is 2.99. The van der Waals surface area contributed by atoms with Crippen molar-refractivity contribution in [2.45, 2.75) is 19.8 Å². The van der Waals surface area contributed by atoms with Gasteiger partial charge in [-0.05, 0) is 18.8 Å². The molecule has 0 aromatic carbocycles. The third kappa shape index (κ3) is 4.43. The molecule has 1 N–H and O–H groups in total. The fourth-order valence-corrected chi connectivity index (χ4v) is 1.77. The first kappa shape index (κ1) is 11.7. The van der Waals surface area contributed by atoms with Gasteiger partial charge in [0.1, 0.15) is 0 Å². The minimum atomic E-state index is -2.37. The Morgan fingerprint density at radius 3 is 2.94 bits per heavy atom. The Morgan fingerprint density at radius 1 is 1.76 bits per heavy atom. The number of aliphatic carboxylic acids is 1. The Bertz CT molecular complexity index is 437. The Kier molecular flexibility index (Phi) is 5.42. The number of hydrogen-bond donors (Lipinski definition) is 1. The molecule has 17 heavy (non-hydrogen) atoms. The summed E-state index contributed by atoms with van der Waals surface area (Å²) in [7, 11) is 0. The van der Waals surface area contributed by atoms with Crippen LogP contribution in [-0.4, -0.2) is 27.2 Å². The SMILES string of the molecule is [2H]C([2H])([2H])n1cncc1C[C@@H](CO)C(CC)C(=O)[O-].[Na+]. The Labute approximate surface area is 127 Å². The number of imidazole rings is 1. The number of carbonyl (C=O) groups excluding carboxylic acids is 1.